The van der Waals surface area contributed by atoms with Crippen LogP contribution in [-0.2, 0) is 0 Å². The largest absolute Gasteiger partial charge is 0.328 e. The number of nitrogens with zero attached hydrogens (tertiary/aromatic N) is 3. The van der Waals surface area contributed by atoms with Crippen molar-refractivity contribution in [2.24, 2.45) is 0 Å². The van der Waals surface area contributed by atoms with Gasteiger partial charge in [0, 0.05) is 37.9 Å². The van der Waals surface area contributed by atoms with Crippen molar-refractivity contribution in [2.45, 2.75) is 24.8 Å². The molecule has 0 spiro atoms. The SMILES string of the molecule is O=C(c1n[nH]c(C2CC2)c1Cl)N1CCNCC1c1cccnc1. The highest BCUT2D eigenvalue weighted by atomic mass is 35.5. The van der Waals surface area contributed by atoms with Gasteiger partial charge >= 0.3 is 0 Å². The summed E-state index contributed by atoms with van der Waals surface area (Å²) in [6, 6.07) is 3.83. The number of carbonyl (C=O) groups is 1. The van der Waals surface area contributed by atoms with Gasteiger partial charge in [0.1, 0.15) is 0 Å². The number of carbonyl (C=O) groups excluding carboxylic acids is 1. The van der Waals surface area contributed by atoms with Gasteiger partial charge in [-0.25, -0.2) is 0 Å². The molecule has 6 nitrogen and oxygen atoms in total. The Labute approximate surface area is 139 Å². The molecule has 1 saturated carbocycles. The normalized spacial score (nSPS) is 21.4. The van der Waals surface area contributed by atoms with Crippen molar-refractivity contribution < 1.29 is 4.79 Å². The van der Waals surface area contributed by atoms with E-state index in [9.17, 15) is 4.79 Å². The van der Waals surface area contributed by atoms with Gasteiger partial charge in [-0.2, -0.15) is 5.10 Å². The number of pyridine rings is 1. The van der Waals surface area contributed by atoms with Crippen LogP contribution in [0.3, 0.4) is 0 Å². The molecule has 7 heteroatoms. The summed E-state index contributed by atoms with van der Waals surface area (Å²) in [4.78, 5) is 19.0. The summed E-state index contributed by atoms with van der Waals surface area (Å²) in [7, 11) is 0. The van der Waals surface area contributed by atoms with Crippen molar-refractivity contribution in [3.05, 3.63) is 46.5 Å². The lowest BCUT2D eigenvalue weighted by Gasteiger charge is -2.36. The fourth-order valence-electron chi connectivity index (χ4n) is 3.08. The zero-order valence-electron chi connectivity index (χ0n) is 12.6. The predicted octanol–water partition coefficient (Wildman–Crippen LogP) is 2.12. The first-order valence-electron chi connectivity index (χ1n) is 7.91. The molecule has 1 amide bonds. The third-order valence-corrected chi connectivity index (χ3v) is 4.88. The lowest BCUT2D eigenvalue weighted by atomic mass is 10.0. The molecule has 0 aromatic carbocycles. The first-order chi connectivity index (χ1) is 11.3. The Bertz CT molecular complexity index is 713. The number of piperazine rings is 1. The summed E-state index contributed by atoms with van der Waals surface area (Å²) in [6.45, 7) is 2.09. The van der Waals surface area contributed by atoms with E-state index in [2.05, 4.69) is 20.5 Å². The summed E-state index contributed by atoms with van der Waals surface area (Å²) < 4.78 is 0. The number of H-pyrrole nitrogens is 1. The van der Waals surface area contributed by atoms with Crippen molar-refractivity contribution in [1.82, 2.24) is 25.4 Å². The van der Waals surface area contributed by atoms with Crippen LogP contribution in [0.1, 0.15) is 46.5 Å². The molecule has 120 valence electrons. The van der Waals surface area contributed by atoms with E-state index in [-0.39, 0.29) is 11.9 Å². The van der Waals surface area contributed by atoms with Crippen LogP contribution in [0.15, 0.2) is 24.5 Å². The van der Waals surface area contributed by atoms with E-state index in [1.54, 1.807) is 12.4 Å². The van der Waals surface area contributed by atoms with Crippen LogP contribution in [0.25, 0.3) is 0 Å². The molecule has 3 heterocycles. The number of hydrogen-bond donors (Lipinski definition) is 2. The Kier molecular flexibility index (Phi) is 3.79. The Morgan fingerprint density at radius 3 is 3.00 bits per heavy atom. The molecule has 1 aliphatic carbocycles. The molecule has 1 aliphatic heterocycles. The second-order valence-corrected chi connectivity index (χ2v) is 6.46. The molecular weight excluding hydrogens is 314 g/mol. The molecule has 4 rings (SSSR count). The smallest absolute Gasteiger partial charge is 0.276 e. The quantitative estimate of drug-likeness (QED) is 0.903. The number of hydrogen-bond acceptors (Lipinski definition) is 4. The van der Waals surface area contributed by atoms with Gasteiger partial charge in [0.05, 0.1) is 16.8 Å². The summed E-state index contributed by atoms with van der Waals surface area (Å²) in [5.74, 6) is 0.321. The maximum atomic E-state index is 13.0. The van der Waals surface area contributed by atoms with Gasteiger partial charge in [-0.3, -0.25) is 14.9 Å². The van der Waals surface area contributed by atoms with E-state index in [4.69, 9.17) is 11.6 Å². The number of rotatable bonds is 3. The molecule has 2 N–H and O–H groups in total. The second kappa shape index (κ2) is 5.94. The summed E-state index contributed by atoms with van der Waals surface area (Å²) in [5.41, 5.74) is 2.26. The topological polar surface area (TPSA) is 73.9 Å². The minimum atomic E-state index is -0.117. The van der Waals surface area contributed by atoms with E-state index >= 15 is 0 Å². The number of amides is 1. The van der Waals surface area contributed by atoms with E-state index < -0.39 is 0 Å². The van der Waals surface area contributed by atoms with E-state index in [1.807, 2.05) is 17.0 Å². The number of halogens is 1. The lowest BCUT2D eigenvalue weighted by molar-refractivity contribution is 0.0628. The van der Waals surface area contributed by atoms with Crippen molar-refractivity contribution in [2.75, 3.05) is 19.6 Å². The number of aromatic nitrogens is 3. The summed E-state index contributed by atoms with van der Waals surface area (Å²) >= 11 is 6.40. The first-order valence-corrected chi connectivity index (χ1v) is 8.29. The number of aromatic amines is 1. The zero-order chi connectivity index (χ0) is 15.8. The van der Waals surface area contributed by atoms with Crippen molar-refractivity contribution in [1.29, 1.82) is 0 Å². The summed E-state index contributed by atoms with van der Waals surface area (Å²) in [5, 5.41) is 11.0. The third kappa shape index (κ3) is 2.72. The van der Waals surface area contributed by atoms with Crippen molar-refractivity contribution >= 4 is 17.5 Å². The molecule has 1 saturated heterocycles. The molecule has 1 unspecified atom stereocenters. The molecule has 0 bridgehead atoms. The van der Waals surface area contributed by atoms with Crippen LogP contribution in [0, 0.1) is 0 Å². The molecule has 1 atom stereocenters. The minimum absolute atomic E-state index is 0.0536. The van der Waals surface area contributed by atoms with Crippen LogP contribution in [0.5, 0.6) is 0 Å². The van der Waals surface area contributed by atoms with Gasteiger partial charge in [-0.15, -0.1) is 0 Å². The average molecular weight is 332 g/mol. The fraction of sp³-hybridized carbons (Fsp3) is 0.438. The standard InChI is InChI=1S/C16H18ClN5O/c17-13-14(10-3-4-10)20-21-15(13)16(23)22-7-6-19-9-12(22)11-2-1-5-18-8-11/h1-2,5,8,10,12,19H,3-4,6-7,9H2,(H,20,21). The van der Waals surface area contributed by atoms with Gasteiger partial charge in [0.2, 0.25) is 0 Å². The Morgan fingerprint density at radius 1 is 1.39 bits per heavy atom. The Morgan fingerprint density at radius 2 is 2.26 bits per heavy atom. The third-order valence-electron chi connectivity index (χ3n) is 4.49. The maximum Gasteiger partial charge on any atom is 0.276 e. The van der Waals surface area contributed by atoms with Crippen LogP contribution < -0.4 is 5.32 Å². The van der Waals surface area contributed by atoms with Gasteiger partial charge < -0.3 is 10.2 Å². The highest BCUT2D eigenvalue weighted by Crippen LogP contribution is 2.43. The van der Waals surface area contributed by atoms with Crippen LogP contribution in [0.4, 0.5) is 0 Å². The molecule has 2 aromatic rings. The first kappa shape index (κ1) is 14.7. The van der Waals surface area contributed by atoms with Crippen LogP contribution in [0.2, 0.25) is 5.02 Å². The van der Waals surface area contributed by atoms with Gasteiger partial charge in [-0.1, -0.05) is 17.7 Å². The highest BCUT2D eigenvalue weighted by Gasteiger charge is 2.35. The molecule has 2 aromatic heterocycles. The summed E-state index contributed by atoms with van der Waals surface area (Å²) in [6.07, 6.45) is 5.76. The Balaban J connectivity index is 1.63. The highest BCUT2D eigenvalue weighted by molar-refractivity contribution is 6.34. The van der Waals surface area contributed by atoms with Crippen molar-refractivity contribution in [3.63, 3.8) is 0 Å². The minimum Gasteiger partial charge on any atom is -0.328 e. The fourth-order valence-corrected chi connectivity index (χ4v) is 3.40. The van der Waals surface area contributed by atoms with E-state index in [0.29, 0.717) is 29.7 Å². The molecule has 2 aliphatic rings. The van der Waals surface area contributed by atoms with Gasteiger partial charge in [-0.05, 0) is 24.5 Å². The van der Waals surface area contributed by atoms with Gasteiger partial charge in [0.25, 0.3) is 5.91 Å². The second-order valence-electron chi connectivity index (χ2n) is 6.08. The zero-order valence-corrected chi connectivity index (χ0v) is 13.4. The molecular formula is C16H18ClN5O. The maximum absolute atomic E-state index is 13.0. The lowest BCUT2D eigenvalue weighted by Crippen LogP contribution is -2.48. The van der Waals surface area contributed by atoms with Crippen molar-refractivity contribution in [3.8, 4) is 0 Å². The van der Waals surface area contributed by atoms with Crippen LogP contribution in [-0.4, -0.2) is 45.6 Å². The monoisotopic (exact) mass is 331 g/mol. The predicted molar refractivity (Wildman–Crippen MR) is 86.5 cm³/mol. The molecule has 2 fully saturated rings. The van der Waals surface area contributed by atoms with Crippen LogP contribution >= 0.6 is 11.6 Å². The van der Waals surface area contributed by atoms with E-state index in [1.165, 1.54) is 0 Å². The van der Waals surface area contributed by atoms with E-state index in [0.717, 1.165) is 30.6 Å². The Hall–Kier alpha value is -1.92. The molecule has 23 heavy (non-hydrogen) atoms. The van der Waals surface area contributed by atoms with Gasteiger partial charge in [0.15, 0.2) is 5.69 Å². The number of nitrogens with one attached hydrogen (secondary N) is 2. The molecule has 0 radical (unpaired) electrons. The average Bonchev–Trinajstić information content (AvgIpc) is 3.37.